The van der Waals surface area contributed by atoms with Gasteiger partial charge in [-0.05, 0) is 42.5 Å². The van der Waals surface area contributed by atoms with Crippen LogP contribution in [-0.2, 0) is 19.8 Å². The van der Waals surface area contributed by atoms with E-state index in [0.29, 0.717) is 41.6 Å². The summed E-state index contributed by atoms with van der Waals surface area (Å²) in [6.45, 7) is 5.05. The molecule has 0 radical (unpaired) electrons. The number of rotatable bonds is 6. The molecule has 6 nitrogen and oxygen atoms in total. The summed E-state index contributed by atoms with van der Waals surface area (Å²) >= 11 is 0. The number of carbonyl (C=O) groups is 1. The quantitative estimate of drug-likeness (QED) is 0.683. The summed E-state index contributed by atoms with van der Waals surface area (Å²) in [7, 11) is 3.92. The van der Waals surface area contributed by atoms with Gasteiger partial charge < -0.3 is 14.4 Å². The third-order valence-corrected chi connectivity index (χ3v) is 7.23. The number of alkyl halides is 3. The molecule has 0 bridgehead atoms. The number of aromatic nitrogens is 2. The lowest BCUT2D eigenvalue weighted by atomic mass is 10.1. The van der Waals surface area contributed by atoms with Crippen LogP contribution < -0.4 is 0 Å². The Kier molecular flexibility index (Phi) is 5.28. The summed E-state index contributed by atoms with van der Waals surface area (Å²) in [6.07, 6.45) is -1.18. The maximum absolute atomic E-state index is 13.2. The summed E-state index contributed by atoms with van der Waals surface area (Å²) < 4.78 is 41.2. The summed E-state index contributed by atoms with van der Waals surface area (Å²) in [4.78, 5) is 23.9. The third-order valence-electron chi connectivity index (χ3n) is 7.23. The Morgan fingerprint density at radius 1 is 1.16 bits per heavy atom. The molecule has 3 aliphatic rings. The summed E-state index contributed by atoms with van der Waals surface area (Å²) in [6, 6.07) is 5.90. The Hall–Kier alpha value is -2.39. The second-order valence-electron chi connectivity index (χ2n) is 9.63. The monoisotopic (exact) mass is 447 g/mol. The number of halogens is 3. The van der Waals surface area contributed by atoms with E-state index in [1.54, 1.807) is 35.1 Å². The van der Waals surface area contributed by atoms with Crippen molar-refractivity contribution in [2.45, 2.75) is 18.8 Å². The van der Waals surface area contributed by atoms with E-state index >= 15 is 0 Å². The van der Waals surface area contributed by atoms with Crippen LogP contribution in [0.4, 0.5) is 13.2 Å². The molecule has 2 saturated heterocycles. The highest BCUT2D eigenvalue weighted by Gasteiger charge is 2.57. The molecule has 32 heavy (non-hydrogen) atoms. The lowest BCUT2D eigenvalue weighted by Crippen LogP contribution is -2.57. The van der Waals surface area contributed by atoms with Crippen LogP contribution >= 0.6 is 0 Å². The topological polar surface area (TPSA) is 44.6 Å². The predicted molar refractivity (Wildman–Crippen MR) is 113 cm³/mol. The summed E-state index contributed by atoms with van der Waals surface area (Å²) in [5.74, 6) is 1.32. The third kappa shape index (κ3) is 4.15. The molecular formula is C23H28F3N5O. The maximum atomic E-state index is 13.2. The molecule has 3 heterocycles. The van der Waals surface area contributed by atoms with Crippen LogP contribution in [0.25, 0.3) is 0 Å². The Morgan fingerprint density at radius 2 is 1.88 bits per heavy atom. The Balaban J connectivity index is 1.29. The van der Waals surface area contributed by atoms with E-state index in [1.807, 2.05) is 0 Å². The number of likely N-dealkylation sites (N-methyl/N-ethyl adjacent to an activating group) is 1. The number of likely N-dealkylation sites (tertiary alicyclic amines) is 2. The van der Waals surface area contributed by atoms with Crippen molar-refractivity contribution in [3.05, 3.63) is 53.6 Å². The van der Waals surface area contributed by atoms with Crippen molar-refractivity contribution in [2.24, 2.45) is 24.8 Å². The highest BCUT2D eigenvalue weighted by Crippen LogP contribution is 2.53. The van der Waals surface area contributed by atoms with E-state index in [0.717, 1.165) is 38.3 Å². The predicted octanol–water partition coefficient (Wildman–Crippen LogP) is 2.57. The molecule has 2 aromatic rings. The zero-order valence-electron chi connectivity index (χ0n) is 18.3. The SMILES string of the molecule is CN1CC(N2CC3C(CN(Cc4cccc(C(F)(F)F)c4)C(=O)c4cn(C)cn4)C3C2)C1. The van der Waals surface area contributed by atoms with Gasteiger partial charge in [-0.1, -0.05) is 12.1 Å². The van der Waals surface area contributed by atoms with E-state index in [1.165, 1.54) is 6.07 Å². The van der Waals surface area contributed by atoms with Crippen molar-refractivity contribution in [3.63, 3.8) is 0 Å². The molecule has 1 aliphatic carbocycles. The average Bonchev–Trinajstić information content (AvgIpc) is 3.07. The molecular weight excluding hydrogens is 419 g/mol. The number of hydrogen-bond donors (Lipinski definition) is 0. The van der Waals surface area contributed by atoms with Gasteiger partial charge >= 0.3 is 6.18 Å². The molecule has 0 spiro atoms. The zero-order valence-corrected chi connectivity index (χ0v) is 18.3. The molecule has 1 aromatic carbocycles. The van der Waals surface area contributed by atoms with E-state index in [-0.39, 0.29) is 12.5 Å². The van der Waals surface area contributed by atoms with Gasteiger partial charge in [0.1, 0.15) is 5.69 Å². The number of piperidine rings is 1. The standard InChI is InChI=1S/C23H28F3N5O/c1-28-8-17(9-28)30-10-18-19(11-30)20(18)12-31(22(32)21-13-29(2)14-27-21)7-15-4-3-5-16(6-15)23(24,25)26/h3-6,13-14,17-20H,7-12H2,1-2H3. The number of benzene rings is 1. The van der Waals surface area contributed by atoms with E-state index in [9.17, 15) is 18.0 Å². The minimum Gasteiger partial charge on any atom is -0.340 e. The Labute approximate surface area is 185 Å². The van der Waals surface area contributed by atoms with Crippen molar-refractivity contribution >= 4 is 5.91 Å². The fourth-order valence-corrected chi connectivity index (χ4v) is 5.37. The highest BCUT2D eigenvalue weighted by atomic mass is 19.4. The van der Waals surface area contributed by atoms with Crippen LogP contribution in [-0.4, -0.2) is 76.0 Å². The zero-order chi connectivity index (χ0) is 22.6. The number of carbonyl (C=O) groups excluding carboxylic acids is 1. The fourth-order valence-electron chi connectivity index (χ4n) is 5.37. The molecule has 2 unspecified atom stereocenters. The molecule has 0 N–H and O–H groups in total. The number of hydrogen-bond acceptors (Lipinski definition) is 4. The second kappa shape index (κ2) is 7.88. The normalized spacial score (nSPS) is 26.1. The van der Waals surface area contributed by atoms with E-state index < -0.39 is 11.7 Å². The van der Waals surface area contributed by atoms with Gasteiger partial charge in [-0.2, -0.15) is 13.2 Å². The fraction of sp³-hybridized carbons (Fsp3) is 0.565. The number of fused-ring (bicyclic) bond motifs is 1. The minimum absolute atomic E-state index is 0.145. The van der Waals surface area contributed by atoms with Crippen LogP contribution in [0.3, 0.4) is 0 Å². The van der Waals surface area contributed by atoms with Gasteiger partial charge in [0, 0.05) is 58.6 Å². The first-order valence-electron chi connectivity index (χ1n) is 11.0. The minimum atomic E-state index is -4.40. The molecule has 3 fully saturated rings. The van der Waals surface area contributed by atoms with Gasteiger partial charge in [-0.25, -0.2) is 4.98 Å². The van der Waals surface area contributed by atoms with Gasteiger partial charge in [-0.15, -0.1) is 0 Å². The Morgan fingerprint density at radius 3 is 2.47 bits per heavy atom. The second-order valence-corrected chi connectivity index (χ2v) is 9.63. The Bertz CT molecular complexity index is 988. The van der Waals surface area contributed by atoms with Crippen molar-refractivity contribution < 1.29 is 18.0 Å². The van der Waals surface area contributed by atoms with Crippen molar-refractivity contribution in [3.8, 4) is 0 Å². The molecule has 1 amide bonds. The van der Waals surface area contributed by atoms with Gasteiger partial charge in [0.05, 0.1) is 11.9 Å². The molecule has 172 valence electrons. The molecule has 2 aliphatic heterocycles. The highest BCUT2D eigenvalue weighted by molar-refractivity contribution is 5.92. The van der Waals surface area contributed by atoms with Crippen LogP contribution in [0.5, 0.6) is 0 Å². The smallest absolute Gasteiger partial charge is 0.340 e. The van der Waals surface area contributed by atoms with Gasteiger partial charge in [0.15, 0.2) is 0 Å². The van der Waals surface area contributed by atoms with Crippen molar-refractivity contribution in [2.75, 3.05) is 39.8 Å². The first kappa shape index (κ1) is 21.5. The molecule has 5 rings (SSSR count). The average molecular weight is 448 g/mol. The maximum Gasteiger partial charge on any atom is 0.416 e. The van der Waals surface area contributed by atoms with Crippen LogP contribution in [0.1, 0.15) is 21.6 Å². The number of imidazole rings is 1. The summed E-state index contributed by atoms with van der Waals surface area (Å²) in [5.41, 5.74) is 0.114. The van der Waals surface area contributed by atoms with E-state index in [2.05, 4.69) is 21.8 Å². The first-order chi connectivity index (χ1) is 15.2. The molecule has 1 aromatic heterocycles. The number of aryl methyl sites for hydroxylation is 1. The molecule has 1 saturated carbocycles. The largest absolute Gasteiger partial charge is 0.416 e. The molecule has 2 atom stereocenters. The van der Waals surface area contributed by atoms with Crippen LogP contribution in [0.15, 0.2) is 36.8 Å². The number of nitrogens with zero attached hydrogens (tertiary/aromatic N) is 5. The van der Waals surface area contributed by atoms with Gasteiger partial charge in [0.25, 0.3) is 5.91 Å². The molecule has 9 heteroatoms. The lowest BCUT2D eigenvalue weighted by molar-refractivity contribution is -0.137. The lowest BCUT2D eigenvalue weighted by Gasteiger charge is -2.43. The van der Waals surface area contributed by atoms with Gasteiger partial charge in [0.2, 0.25) is 0 Å². The van der Waals surface area contributed by atoms with Crippen LogP contribution in [0, 0.1) is 17.8 Å². The summed E-state index contributed by atoms with van der Waals surface area (Å²) in [5, 5.41) is 0. The van der Waals surface area contributed by atoms with Crippen molar-refractivity contribution in [1.82, 2.24) is 24.3 Å². The van der Waals surface area contributed by atoms with Crippen LogP contribution in [0.2, 0.25) is 0 Å². The van der Waals surface area contributed by atoms with Gasteiger partial charge in [-0.3, -0.25) is 9.69 Å². The van der Waals surface area contributed by atoms with E-state index in [4.69, 9.17) is 0 Å². The van der Waals surface area contributed by atoms with Crippen molar-refractivity contribution in [1.29, 1.82) is 0 Å². The first-order valence-corrected chi connectivity index (χ1v) is 11.0. The number of amides is 1.